The molecule has 0 aromatic heterocycles. The van der Waals surface area contributed by atoms with E-state index < -0.39 is 5.54 Å². The smallest absolute Gasteiger partial charge is 0.305 e. The molecule has 2 aromatic carbocycles. The molecule has 3 amide bonds. The summed E-state index contributed by atoms with van der Waals surface area (Å²) in [5.74, 6) is -0.227. The zero-order valence-electron chi connectivity index (χ0n) is 12.9. The number of hydrogen-bond donors (Lipinski definition) is 0. The first-order valence-electron chi connectivity index (χ1n) is 7.18. The van der Waals surface area contributed by atoms with Crippen LogP contribution in [-0.4, -0.2) is 35.8 Å². The predicted molar refractivity (Wildman–Crippen MR) is 84.3 cm³/mol. The molecule has 1 atom stereocenters. The largest absolute Gasteiger partial charge is 0.327 e. The summed E-state index contributed by atoms with van der Waals surface area (Å²) in [5, 5.41) is 0. The molecule has 1 unspecified atom stereocenters. The van der Waals surface area contributed by atoms with Gasteiger partial charge in [-0.2, -0.15) is 0 Å². The van der Waals surface area contributed by atoms with Gasteiger partial charge < -0.3 is 4.90 Å². The lowest BCUT2D eigenvalue weighted by molar-refractivity contribution is -0.130. The van der Waals surface area contributed by atoms with Crippen LogP contribution in [0.4, 0.5) is 4.79 Å². The van der Waals surface area contributed by atoms with Gasteiger partial charge in [0.2, 0.25) is 0 Å². The average Bonchev–Trinajstić information content (AvgIpc) is 2.71. The number of urea groups is 1. The minimum Gasteiger partial charge on any atom is -0.305 e. The number of hydrogen-bond acceptors (Lipinski definition) is 2. The van der Waals surface area contributed by atoms with Gasteiger partial charge in [0, 0.05) is 14.1 Å². The topological polar surface area (TPSA) is 40.6 Å². The Labute approximate surface area is 130 Å². The van der Waals surface area contributed by atoms with Gasteiger partial charge in [0.25, 0.3) is 5.91 Å². The van der Waals surface area contributed by atoms with E-state index in [4.69, 9.17) is 0 Å². The lowest BCUT2D eigenvalue weighted by Gasteiger charge is -2.33. The van der Waals surface area contributed by atoms with E-state index >= 15 is 0 Å². The lowest BCUT2D eigenvalue weighted by atomic mass is 9.81. The van der Waals surface area contributed by atoms with Crippen molar-refractivity contribution in [3.8, 4) is 0 Å². The van der Waals surface area contributed by atoms with E-state index in [-0.39, 0.29) is 11.9 Å². The lowest BCUT2D eigenvalue weighted by Crippen LogP contribution is -2.45. The molecule has 1 fully saturated rings. The molecule has 112 valence electrons. The van der Waals surface area contributed by atoms with Gasteiger partial charge in [0.05, 0.1) is 0 Å². The van der Waals surface area contributed by atoms with Crippen LogP contribution in [-0.2, 0) is 10.3 Å². The fraction of sp³-hybridized carbons (Fsp3) is 0.222. The number of rotatable bonds is 2. The monoisotopic (exact) mass is 294 g/mol. The van der Waals surface area contributed by atoms with Crippen LogP contribution in [0.15, 0.2) is 54.6 Å². The van der Waals surface area contributed by atoms with Crippen molar-refractivity contribution in [2.75, 3.05) is 14.1 Å². The van der Waals surface area contributed by atoms with E-state index in [0.29, 0.717) is 0 Å². The van der Waals surface area contributed by atoms with Crippen molar-refractivity contribution in [2.45, 2.75) is 12.5 Å². The molecule has 4 nitrogen and oxygen atoms in total. The first kappa shape index (κ1) is 14.3. The zero-order chi connectivity index (χ0) is 15.9. The van der Waals surface area contributed by atoms with Crippen LogP contribution in [0.1, 0.15) is 16.7 Å². The van der Waals surface area contributed by atoms with E-state index in [1.807, 2.05) is 61.5 Å². The second-order valence-corrected chi connectivity index (χ2v) is 5.65. The average molecular weight is 294 g/mol. The summed E-state index contributed by atoms with van der Waals surface area (Å²) in [5.41, 5.74) is 1.61. The van der Waals surface area contributed by atoms with Crippen LogP contribution in [0, 0.1) is 6.92 Å². The molecule has 0 N–H and O–H groups in total. The Kier molecular flexibility index (Phi) is 3.24. The van der Waals surface area contributed by atoms with Crippen molar-refractivity contribution < 1.29 is 9.59 Å². The number of amides is 3. The van der Waals surface area contributed by atoms with E-state index in [9.17, 15) is 9.59 Å². The van der Waals surface area contributed by atoms with Crippen molar-refractivity contribution in [3.05, 3.63) is 71.3 Å². The molecule has 2 aromatic rings. The van der Waals surface area contributed by atoms with Gasteiger partial charge in [-0.05, 0) is 18.1 Å². The van der Waals surface area contributed by atoms with Crippen LogP contribution in [0.3, 0.4) is 0 Å². The molecular weight excluding hydrogens is 276 g/mol. The van der Waals surface area contributed by atoms with E-state index in [1.54, 1.807) is 7.05 Å². The number of aryl methyl sites for hydroxylation is 1. The van der Waals surface area contributed by atoms with Crippen LogP contribution in [0.2, 0.25) is 0 Å². The Morgan fingerprint density at radius 1 is 0.818 bits per heavy atom. The molecular formula is C18H18N2O2. The van der Waals surface area contributed by atoms with Crippen molar-refractivity contribution in [1.82, 2.24) is 9.80 Å². The maximum atomic E-state index is 13.0. The van der Waals surface area contributed by atoms with Crippen molar-refractivity contribution in [1.29, 1.82) is 0 Å². The molecule has 1 aliphatic heterocycles. The minimum atomic E-state index is -1.10. The van der Waals surface area contributed by atoms with Crippen LogP contribution in [0.25, 0.3) is 0 Å². The Morgan fingerprint density at radius 3 is 1.86 bits per heavy atom. The second-order valence-electron chi connectivity index (χ2n) is 5.65. The molecule has 0 spiro atoms. The number of carbonyl (C=O) groups is 2. The normalized spacial score (nSPS) is 21.6. The summed E-state index contributed by atoms with van der Waals surface area (Å²) in [6.07, 6.45) is 0. The maximum absolute atomic E-state index is 13.0. The third kappa shape index (κ3) is 1.77. The Morgan fingerprint density at radius 2 is 1.36 bits per heavy atom. The van der Waals surface area contributed by atoms with Crippen molar-refractivity contribution in [2.24, 2.45) is 0 Å². The third-order valence-corrected chi connectivity index (χ3v) is 4.35. The van der Waals surface area contributed by atoms with Gasteiger partial charge in [0.1, 0.15) is 0 Å². The highest BCUT2D eigenvalue weighted by Crippen LogP contribution is 2.41. The minimum absolute atomic E-state index is 0.227. The van der Waals surface area contributed by atoms with E-state index in [0.717, 1.165) is 16.7 Å². The molecule has 0 saturated carbocycles. The summed E-state index contributed by atoms with van der Waals surface area (Å²) >= 11 is 0. The number of benzene rings is 2. The first-order valence-corrected chi connectivity index (χ1v) is 7.18. The highest BCUT2D eigenvalue weighted by molar-refractivity contribution is 6.09. The standard InChI is InChI=1S/C18H18N2O2/c1-13-9-11-15(12-10-13)18(14-7-5-4-6-8-14)16(21)19(2)17(22)20(18)3/h4-12H,1-3H3. The number of carbonyl (C=O) groups excluding carboxylic acids is 2. The van der Waals surface area contributed by atoms with Gasteiger partial charge in [-0.15, -0.1) is 0 Å². The quantitative estimate of drug-likeness (QED) is 0.799. The van der Waals surface area contributed by atoms with E-state index in [2.05, 4.69) is 0 Å². The fourth-order valence-electron chi connectivity index (χ4n) is 3.12. The maximum Gasteiger partial charge on any atom is 0.327 e. The van der Waals surface area contributed by atoms with Gasteiger partial charge in [0.15, 0.2) is 5.54 Å². The molecule has 0 radical (unpaired) electrons. The van der Waals surface area contributed by atoms with E-state index in [1.165, 1.54) is 16.8 Å². The Balaban J connectivity index is 2.31. The van der Waals surface area contributed by atoms with Crippen molar-refractivity contribution >= 4 is 11.9 Å². The number of likely N-dealkylation sites (N-methyl/N-ethyl adjacent to an activating group) is 2. The number of nitrogens with zero attached hydrogens (tertiary/aromatic N) is 2. The Bertz CT molecular complexity index is 725. The van der Waals surface area contributed by atoms with Gasteiger partial charge in [-0.25, -0.2) is 4.79 Å². The summed E-state index contributed by atoms with van der Waals surface area (Å²) in [7, 11) is 3.20. The van der Waals surface area contributed by atoms with Crippen LogP contribution in [0.5, 0.6) is 0 Å². The first-order chi connectivity index (χ1) is 10.5. The number of imide groups is 1. The SMILES string of the molecule is Cc1ccc(C2(c3ccccc3)C(=O)N(C)C(=O)N2C)cc1. The molecule has 0 bridgehead atoms. The molecule has 4 heteroatoms. The Hall–Kier alpha value is -2.62. The second kappa shape index (κ2) is 4.98. The van der Waals surface area contributed by atoms with Crippen LogP contribution >= 0.6 is 0 Å². The van der Waals surface area contributed by atoms with Gasteiger partial charge in [-0.1, -0.05) is 60.2 Å². The summed E-state index contributed by atoms with van der Waals surface area (Å²) in [6, 6.07) is 16.9. The molecule has 3 rings (SSSR count). The summed E-state index contributed by atoms with van der Waals surface area (Å²) in [4.78, 5) is 28.1. The van der Waals surface area contributed by atoms with Crippen molar-refractivity contribution in [3.63, 3.8) is 0 Å². The molecule has 1 saturated heterocycles. The third-order valence-electron chi connectivity index (χ3n) is 4.35. The fourth-order valence-corrected chi connectivity index (χ4v) is 3.12. The molecule has 1 aliphatic rings. The molecule has 1 heterocycles. The highest BCUT2D eigenvalue weighted by atomic mass is 16.2. The summed E-state index contributed by atoms with van der Waals surface area (Å²) in [6.45, 7) is 2.00. The summed E-state index contributed by atoms with van der Waals surface area (Å²) < 4.78 is 0. The van der Waals surface area contributed by atoms with Crippen LogP contribution < -0.4 is 0 Å². The molecule has 22 heavy (non-hydrogen) atoms. The van der Waals surface area contributed by atoms with Gasteiger partial charge >= 0.3 is 6.03 Å². The highest BCUT2D eigenvalue weighted by Gasteiger charge is 2.56. The van der Waals surface area contributed by atoms with Gasteiger partial charge in [-0.3, -0.25) is 9.69 Å². The zero-order valence-corrected chi connectivity index (χ0v) is 12.9. The molecule has 0 aliphatic carbocycles. The predicted octanol–water partition coefficient (Wildman–Crippen LogP) is 2.76.